The van der Waals surface area contributed by atoms with Gasteiger partial charge >= 0.3 is 12.2 Å². The lowest BCUT2D eigenvalue weighted by molar-refractivity contribution is 0.0288. The molecule has 0 bridgehead atoms. The summed E-state index contributed by atoms with van der Waals surface area (Å²) < 4.78 is 46.1. The van der Waals surface area contributed by atoms with Crippen LogP contribution in [0.2, 0.25) is 0 Å². The summed E-state index contributed by atoms with van der Waals surface area (Å²) in [4.78, 5) is 31.7. The number of hydrogen-bond donors (Lipinski definition) is 0. The van der Waals surface area contributed by atoms with Crippen LogP contribution in [0.25, 0.3) is 16.6 Å². The number of ether oxygens (including phenoxy) is 2. The van der Waals surface area contributed by atoms with Crippen molar-refractivity contribution in [3.8, 4) is 5.69 Å². The Kier molecular flexibility index (Phi) is 8.98. The summed E-state index contributed by atoms with van der Waals surface area (Å²) in [7, 11) is -3.47. The van der Waals surface area contributed by atoms with Crippen LogP contribution in [0.5, 0.6) is 0 Å². The highest BCUT2D eigenvalue weighted by Crippen LogP contribution is 2.35. The minimum atomic E-state index is -3.47. The first-order chi connectivity index (χ1) is 19.9. The van der Waals surface area contributed by atoms with E-state index in [0.29, 0.717) is 25.2 Å². The van der Waals surface area contributed by atoms with Crippen LogP contribution in [0.15, 0.2) is 46.0 Å². The van der Waals surface area contributed by atoms with Crippen LogP contribution >= 0.6 is 0 Å². The molecule has 1 aromatic carbocycles. The predicted octanol–water partition coefficient (Wildman–Crippen LogP) is 7.44. The van der Waals surface area contributed by atoms with Crippen molar-refractivity contribution in [2.24, 2.45) is 10.3 Å². The molecule has 3 heterocycles. The fourth-order valence-corrected chi connectivity index (χ4v) is 7.14. The third-order valence-electron chi connectivity index (χ3n) is 7.17. The molecule has 1 aliphatic heterocycles. The Morgan fingerprint density at radius 1 is 1.12 bits per heavy atom. The van der Waals surface area contributed by atoms with Crippen LogP contribution in [0.3, 0.4) is 0 Å². The van der Waals surface area contributed by atoms with E-state index in [4.69, 9.17) is 9.47 Å². The van der Waals surface area contributed by atoms with Gasteiger partial charge in [0.05, 0.1) is 32.0 Å². The number of rotatable bonds is 5. The number of aryl methyl sites for hydroxylation is 1. The van der Waals surface area contributed by atoms with Gasteiger partial charge in [-0.05, 0) is 110 Å². The lowest BCUT2D eigenvalue weighted by Crippen LogP contribution is -2.35. The van der Waals surface area contributed by atoms with Crippen molar-refractivity contribution in [3.05, 3.63) is 53.7 Å². The van der Waals surface area contributed by atoms with E-state index in [1.165, 1.54) is 12.1 Å². The molecule has 0 N–H and O–H groups in total. The molecule has 1 saturated heterocycles. The van der Waals surface area contributed by atoms with Crippen molar-refractivity contribution in [1.29, 1.82) is 0 Å². The zero-order valence-electron chi connectivity index (χ0n) is 26.6. The topological polar surface area (TPSA) is 103 Å². The van der Waals surface area contributed by atoms with Crippen molar-refractivity contribution in [2.45, 2.75) is 96.5 Å². The highest BCUT2D eigenvalue weighted by Gasteiger charge is 2.32. The summed E-state index contributed by atoms with van der Waals surface area (Å²) in [6.45, 7) is 17.2. The summed E-state index contributed by atoms with van der Waals surface area (Å²) in [6, 6.07) is 4.05. The third kappa shape index (κ3) is 7.37. The predicted molar refractivity (Wildman–Crippen MR) is 166 cm³/mol. The lowest BCUT2D eigenvalue weighted by atomic mass is 9.97. The number of nitrogens with zero attached hydrogens (tertiary/aromatic N) is 4. The maximum atomic E-state index is 14.8. The molecule has 3 aromatic rings. The Morgan fingerprint density at radius 3 is 2.42 bits per heavy atom. The molecule has 43 heavy (non-hydrogen) atoms. The van der Waals surface area contributed by atoms with Crippen LogP contribution in [0.4, 0.5) is 14.0 Å². The largest absolute Gasteiger partial charge is 0.444 e. The molecule has 0 saturated carbocycles. The van der Waals surface area contributed by atoms with E-state index in [0.717, 1.165) is 28.5 Å². The van der Waals surface area contributed by atoms with Gasteiger partial charge in [0.15, 0.2) is 0 Å². The molecule has 2 amide bonds. The minimum absolute atomic E-state index is 0.107. The summed E-state index contributed by atoms with van der Waals surface area (Å²) >= 11 is 0. The number of carbonyl (C=O) groups is 2. The summed E-state index contributed by atoms with van der Waals surface area (Å²) in [5.74, 6) is -0.389. The highest BCUT2D eigenvalue weighted by molar-refractivity contribution is 7.94. The van der Waals surface area contributed by atoms with Gasteiger partial charge in [-0.15, -0.1) is 4.36 Å². The average molecular weight is 615 g/mol. The SMILES string of the molecule is Cc1cncc2c1c(CC1CCN(C(=O)OC(C)(C)C)C1)cn2-c1ccc(F)cc1S(=O)(=NC(=O)OC(C)(C)C)C(C)C. The standard InChI is InChI=1S/C32H43FN4O5S/c1-20(2)43(40,35-29(38)41-31(4,5)6)27-15-24(33)10-11-25(27)37-19-23(28-21(3)16-34-17-26(28)37)14-22-12-13-36(18-22)30(39)42-32(7,8)9/h10-11,15-17,19-20,22H,12-14,18H2,1-9H3. The number of carbonyl (C=O) groups excluding carboxylic acids is 2. The number of likely N-dealkylation sites (tertiary alicyclic amines) is 1. The first kappa shape index (κ1) is 32.4. The molecule has 234 valence electrons. The van der Waals surface area contributed by atoms with E-state index in [1.54, 1.807) is 58.0 Å². The molecule has 0 aliphatic carbocycles. The van der Waals surface area contributed by atoms with Crippen LogP contribution in [0.1, 0.15) is 72.9 Å². The van der Waals surface area contributed by atoms with Gasteiger partial charge < -0.3 is 18.9 Å². The van der Waals surface area contributed by atoms with Crippen LogP contribution in [0, 0.1) is 18.7 Å². The molecule has 0 spiro atoms. The first-order valence-electron chi connectivity index (χ1n) is 14.6. The molecule has 2 unspecified atom stereocenters. The molecule has 2 aromatic heterocycles. The monoisotopic (exact) mass is 614 g/mol. The van der Waals surface area contributed by atoms with E-state index >= 15 is 0 Å². The minimum Gasteiger partial charge on any atom is -0.444 e. The average Bonchev–Trinajstić information content (AvgIpc) is 3.47. The second-order valence-corrected chi connectivity index (χ2v) is 16.2. The molecule has 1 aliphatic rings. The van der Waals surface area contributed by atoms with Gasteiger partial charge in [-0.2, -0.15) is 0 Å². The highest BCUT2D eigenvalue weighted by atomic mass is 32.2. The second-order valence-electron chi connectivity index (χ2n) is 13.5. The van der Waals surface area contributed by atoms with E-state index in [1.807, 2.05) is 38.5 Å². The first-order valence-corrected chi connectivity index (χ1v) is 16.2. The summed E-state index contributed by atoms with van der Waals surface area (Å²) in [6.07, 6.45) is 5.71. The Balaban J connectivity index is 1.80. The molecular weight excluding hydrogens is 571 g/mol. The van der Waals surface area contributed by atoms with Gasteiger partial charge in [-0.1, -0.05) is 0 Å². The molecule has 2 atom stereocenters. The Bertz CT molecular complexity index is 1660. The van der Waals surface area contributed by atoms with Gasteiger partial charge in [0.1, 0.15) is 17.0 Å². The van der Waals surface area contributed by atoms with Gasteiger partial charge in [0, 0.05) is 36.1 Å². The summed E-state index contributed by atoms with van der Waals surface area (Å²) in [5, 5.41) is 0.361. The van der Waals surface area contributed by atoms with Crippen LogP contribution in [-0.4, -0.2) is 60.4 Å². The number of pyridine rings is 1. The van der Waals surface area contributed by atoms with E-state index in [9.17, 15) is 18.2 Å². The fourth-order valence-electron chi connectivity index (χ4n) is 5.32. The van der Waals surface area contributed by atoms with Gasteiger partial charge in [0.2, 0.25) is 0 Å². The number of benzene rings is 1. The number of hydrogen-bond acceptors (Lipinski definition) is 6. The second kappa shape index (κ2) is 11.9. The molecule has 0 radical (unpaired) electrons. The Morgan fingerprint density at radius 2 is 1.79 bits per heavy atom. The maximum absolute atomic E-state index is 14.8. The van der Waals surface area contributed by atoms with E-state index in [2.05, 4.69) is 9.35 Å². The Labute approximate surface area is 253 Å². The Hall–Kier alpha value is -3.47. The molecule has 1 fully saturated rings. The number of amides is 2. The van der Waals surface area contributed by atoms with Gasteiger partial charge in [-0.3, -0.25) is 4.98 Å². The van der Waals surface area contributed by atoms with Crippen molar-refractivity contribution in [1.82, 2.24) is 14.5 Å². The summed E-state index contributed by atoms with van der Waals surface area (Å²) in [5.41, 5.74) is 1.78. The number of fused-ring (bicyclic) bond motifs is 1. The third-order valence-corrected chi connectivity index (χ3v) is 9.82. The quantitative estimate of drug-likeness (QED) is 0.296. The van der Waals surface area contributed by atoms with E-state index in [-0.39, 0.29) is 16.9 Å². The lowest BCUT2D eigenvalue weighted by Gasteiger charge is -2.24. The molecule has 11 heteroatoms. The maximum Gasteiger partial charge on any atom is 0.442 e. The van der Waals surface area contributed by atoms with Gasteiger partial charge in [-0.25, -0.2) is 18.2 Å². The van der Waals surface area contributed by atoms with Crippen molar-refractivity contribution < 1.29 is 27.7 Å². The smallest absolute Gasteiger partial charge is 0.442 e. The number of aromatic nitrogens is 2. The van der Waals surface area contributed by atoms with E-state index < -0.39 is 38.1 Å². The van der Waals surface area contributed by atoms with Crippen molar-refractivity contribution >= 4 is 32.8 Å². The zero-order chi connectivity index (χ0) is 31.9. The van der Waals surface area contributed by atoms with Crippen molar-refractivity contribution in [3.63, 3.8) is 0 Å². The molecular formula is C32H43FN4O5S. The molecule has 9 nitrogen and oxygen atoms in total. The number of halogens is 1. The van der Waals surface area contributed by atoms with Crippen LogP contribution in [-0.2, 0) is 25.6 Å². The van der Waals surface area contributed by atoms with Gasteiger partial charge in [0.25, 0.3) is 0 Å². The zero-order valence-corrected chi connectivity index (χ0v) is 27.4. The van der Waals surface area contributed by atoms with Crippen LogP contribution < -0.4 is 0 Å². The fraction of sp³-hybridized carbons (Fsp3) is 0.531. The van der Waals surface area contributed by atoms with Crippen molar-refractivity contribution in [2.75, 3.05) is 13.1 Å². The molecule has 4 rings (SSSR count). The normalized spacial score (nSPS) is 17.3.